The molecular formula is C19H18Cl2N4O2. The summed E-state index contributed by atoms with van der Waals surface area (Å²) in [6.45, 7) is 0.470. The van der Waals surface area contributed by atoms with Crippen molar-refractivity contribution in [3.63, 3.8) is 0 Å². The number of amides is 1. The molecule has 0 saturated carbocycles. The minimum absolute atomic E-state index is 0.218. The van der Waals surface area contributed by atoms with Crippen molar-refractivity contribution in [3.05, 3.63) is 70.1 Å². The summed E-state index contributed by atoms with van der Waals surface area (Å²) < 4.78 is 5.16. The number of nitrogens with one attached hydrogen (secondary N) is 3. The molecule has 2 heterocycles. The first-order chi connectivity index (χ1) is 13.1. The number of benzene rings is 1. The molecule has 8 heteroatoms. The van der Waals surface area contributed by atoms with Gasteiger partial charge in [0.25, 0.3) is 5.91 Å². The molecule has 0 unspecified atom stereocenters. The van der Waals surface area contributed by atoms with Gasteiger partial charge in [-0.15, -0.1) is 0 Å². The smallest absolute Gasteiger partial charge is 0.286 e. The summed E-state index contributed by atoms with van der Waals surface area (Å²) in [6.07, 6.45) is 9.21. The third kappa shape index (κ3) is 4.93. The Kier molecular flexibility index (Phi) is 6.21. The molecule has 3 N–H and O–H groups in total. The molecule has 140 valence electrons. The van der Waals surface area contributed by atoms with Gasteiger partial charge in [0, 0.05) is 35.8 Å². The summed E-state index contributed by atoms with van der Waals surface area (Å²) in [4.78, 5) is 22.4. The van der Waals surface area contributed by atoms with Crippen molar-refractivity contribution >= 4 is 46.1 Å². The minimum atomic E-state index is -0.284. The van der Waals surface area contributed by atoms with Crippen LogP contribution in [0.1, 0.15) is 11.4 Å². The maximum Gasteiger partial charge on any atom is 0.286 e. The highest BCUT2D eigenvalue weighted by Gasteiger charge is 2.08. The Morgan fingerprint density at radius 3 is 2.85 bits per heavy atom. The first kappa shape index (κ1) is 19.1. The number of fused-ring (bicyclic) bond motifs is 1. The number of hydrogen-bond acceptors (Lipinski definition) is 3. The largest absolute Gasteiger partial charge is 0.491 e. The van der Waals surface area contributed by atoms with E-state index < -0.39 is 0 Å². The van der Waals surface area contributed by atoms with Gasteiger partial charge in [-0.3, -0.25) is 4.79 Å². The highest BCUT2D eigenvalue weighted by molar-refractivity contribution is 6.42. The fourth-order valence-electron chi connectivity index (χ4n) is 2.53. The van der Waals surface area contributed by atoms with Crippen LogP contribution in [0.3, 0.4) is 0 Å². The summed E-state index contributed by atoms with van der Waals surface area (Å²) >= 11 is 12.1. The van der Waals surface area contributed by atoms with Crippen LogP contribution in [0.4, 0.5) is 0 Å². The standard InChI is InChI=1S/C19H18Cl2N4O2/c1-27-18(19(26)23-6-5-14-10-22-11-24-14)4-2-3-13-7-12-8-15(20)16(21)9-17(12)25-13/h2-4,7-11,25H,5-6H2,1H3,(H,22,24)(H,23,26)/b3-2+,18-4-. The van der Waals surface area contributed by atoms with E-state index in [1.54, 1.807) is 36.8 Å². The molecular weight excluding hydrogens is 387 g/mol. The van der Waals surface area contributed by atoms with Gasteiger partial charge in [0.2, 0.25) is 0 Å². The van der Waals surface area contributed by atoms with Crippen molar-refractivity contribution in [2.24, 2.45) is 0 Å². The molecule has 0 bridgehead atoms. The maximum atomic E-state index is 12.2. The molecule has 1 aromatic carbocycles. The molecule has 0 atom stereocenters. The lowest BCUT2D eigenvalue weighted by molar-refractivity contribution is -0.120. The van der Waals surface area contributed by atoms with Gasteiger partial charge in [-0.1, -0.05) is 29.3 Å². The normalized spacial score (nSPS) is 12.0. The SMILES string of the molecule is CO/C(=C\C=C\c1cc2cc(Cl)c(Cl)cc2[nH]1)C(=O)NCCc1c[nH]cn1. The Balaban J connectivity index is 1.62. The van der Waals surface area contributed by atoms with Gasteiger partial charge in [-0.2, -0.15) is 0 Å². The van der Waals surface area contributed by atoms with Crippen LogP contribution in [0.2, 0.25) is 10.0 Å². The molecule has 0 spiro atoms. The van der Waals surface area contributed by atoms with Crippen LogP contribution in [0.25, 0.3) is 17.0 Å². The van der Waals surface area contributed by atoms with Crippen molar-refractivity contribution < 1.29 is 9.53 Å². The van der Waals surface area contributed by atoms with Gasteiger partial charge >= 0.3 is 0 Å². The molecule has 0 radical (unpaired) electrons. The zero-order chi connectivity index (χ0) is 19.2. The second-order valence-corrected chi connectivity index (χ2v) is 6.55. The Hall–Kier alpha value is -2.70. The Morgan fingerprint density at radius 2 is 2.11 bits per heavy atom. The molecule has 3 aromatic rings. The number of H-pyrrole nitrogens is 2. The number of imidazole rings is 1. The predicted octanol–water partition coefficient (Wildman–Crippen LogP) is 4.10. The number of rotatable bonds is 7. The van der Waals surface area contributed by atoms with E-state index in [0.29, 0.717) is 23.0 Å². The summed E-state index contributed by atoms with van der Waals surface area (Å²) in [5, 5.41) is 4.75. The van der Waals surface area contributed by atoms with Crippen LogP contribution in [0.15, 0.2) is 48.6 Å². The fourth-order valence-corrected chi connectivity index (χ4v) is 2.87. The van der Waals surface area contributed by atoms with Crippen LogP contribution < -0.4 is 5.32 Å². The van der Waals surface area contributed by atoms with E-state index in [-0.39, 0.29) is 11.7 Å². The molecule has 0 aliphatic heterocycles. The van der Waals surface area contributed by atoms with E-state index in [2.05, 4.69) is 20.3 Å². The van der Waals surface area contributed by atoms with Crippen molar-refractivity contribution in [3.8, 4) is 0 Å². The number of methoxy groups -OCH3 is 1. The molecule has 0 aliphatic carbocycles. The molecule has 27 heavy (non-hydrogen) atoms. The minimum Gasteiger partial charge on any atom is -0.491 e. The monoisotopic (exact) mass is 404 g/mol. The molecule has 1 amide bonds. The van der Waals surface area contributed by atoms with Crippen LogP contribution in [0, 0.1) is 0 Å². The summed E-state index contributed by atoms with van der Waals surface area (Å²) in [5.74, 6) is -0.0663. The van der Waals surface area contributed by atoms with E-state index in [9.17, 15) is 4.79 Å². The zero-order valence-electron chi connectivity index (χ0n) is 14.6. The lowest BCUT2D eigenvalue weighted by Gasteiger charge is -2.06. The number of carbonyl (C=O) groups is 1. The second kappa shape index (κ2) is 8.79. The molecule has 0 saturated heterocycles. The lowest BCUT2D eigenvalue weighted by atomic mass is 10.2. The predicted molar refractivity (Wildman–Crippen MR) is 108 cm³/mol. The van der Waals surface area contributed by atoms with E-state index in [1.807, 2.05) is 12.1 Å². The average Bonchev–Trinajstić information content (AvgIpc) is 3.28. The van der Waals surface area contributed by atoms with Crippen LogP contribution in [-0.4, -0.2) is 34.5 Å². The molecule has 3 rings (SSSR count). The first-order valence-electron chi connectivity index (χ1n) is 8.23. The van der Waals surface area contributed by atoms with Crippen molar-refractivity contribution in [1.29, 1.82) is 0 Å². The number of allylic oxidation sites excluding steroid dienone is 2. The fraction of sp³-hybridized carbons (Fsp3) is 0.158. The molecule has 2 aromatic heterocycles. The van der Waals surface area contributed by atoms with E-state index in [4.69, 9.17) is 27.9 Å². The summed E-state index contributed by atoms with van der Waals surface area (Å²) in [7, 11) is 1.46. The third-order valence-electron chi connectivity index (χ3n) is 3.87. The third-order valence-corrected chi connectivity index (χ3v) is 4.59. The van der Waals surface area contributed by atoms with Gasteiger partial charge in [0.15, 0.2) is 5.76 Å². The van der Waals surface area contributed by atoms with Gasteiger partial charge in [-0.25, -0.2) is 4.98 Å². The highest BCUT2D eigenvalue weighted by atomic mass is 35.5. The molecule has 0 aliphatic rings. The number of ether oxygens (including phenoxy) is 1. The Morgan fingerprint density at radius 1 is 1.30 bits per heavy atom. The van der Waals surface area contributed by atoms with Crippen molar-refractivity contribution in [1.82, 2.24) is 20.3 Å². The summed E-state index contributed by atoms with van der Waals surface area (Å²) in [5.41, 5.74) is 2.63. The van der Waals surface area contributed by atoms with Crippen LogP contribution in [0.5, 0.6) is 0 Å². The van der Waals surface area contributed by atoms with Crippen LogP contribution >= 0.6 is 23.2 Å². The Bertz CT molecular complexity index is 952. The number of aromatic amines is 2. The Labute approximate surface area is 166 Å². The maximum absolute atomic E-state index is 12.2. The van der Waals surface area contributed by atoms with Gasteiger partial charge in [0.1, 0.15) is 0 Å². The number of hydrogen-bond donors (Lipinski definition) is 3. The van der Waals surface area contributed by atoms with E-state index >= 15 is 0 Å². The zero-order valence-corrected chi connectivity index (χ0v) is 16.1. The van der Waals surface area contributed by atoms with Gasteiger partial charge in [-0.05, 0) is 30.4 Å². The van der Waals surface area contributed by atoms with Gasteiger partial charge < -0.3 is 20.0 Å². The molecule has 6 nitrogen and oxygen atoms in total. The van der Waals surface area contributed by atoms with E-state index in [1.165, 1.54) is 7.11 Å². The van der Waals surface area contributed by atoms with E-state index in [0.717, 1.165) is 22.3 Å². The number of carbonyl (C=O) groups excluding carboxylic acids is 1. The number of aromatic nitrogens is 3. The lowest BCUT2D eigenvalue weighted by Crippen LogP contribution is -2.27. The van der Waals surface area contributed by atoms with Crippen molar-refractivity contribution in [2.75, 3.05) is 13.7 Å². The van der Waals surface area contributed by atoms with Gasteiger partial charge in [0.05, 0.1) is 29.2 Å². The molecule has 0 fully saturated rings. The quantitative estimate of drug-likeness (QED) is 0.315. The number of halogens is 2. The second-order valence-electron chi connectivity index (χ2n) is 5.74. The van der Waals surface area contributed by atoms with Crippen molar-refractivity contribution in [2.45, 2.75) is 6.42 Å². The summed E-state index contributed by atoms with van der Waals surface area (Å²) in [6, 6.07) is 5.52. The average molecular weight is 405 g/mol. The van der Waals surface area contributed by atoms with Crippen LogP contribution in [-0.2, 0) is 16.0 Å². The highest BCUT2D eigenvalue weighted by Crippen LogP contribution is 2.28. The number of nitrogens with zero attached hydrogens (tertiary/aromatic N) is 1. The topological polar surface area (TPSA) is 82.8 Å². The first-order valence-corrected chi connectivity index (χ1v) is 8.98.